The Morgan fingerprint density at radius 2 is 0.682 bits per heavy atom. The van der Waals surface area contributed by atoms with Crippen molar-refractivity contribution in [1.82, 2.24) is 19.9 Å². The molecule has 0 bridgehead atoms. The lowest BCUT2D eigenvalue weighted by atomic mass is 10.3. The topological polar surface area (TPSA) is 95.0 Å². The average Bonchev–Trinajstić information content (AvgIpc) is 3.07. The molecule has 0 atom stereocenters. The first-order chi connectivity index (χ1) is 21.6. The molecule has 0 amide bonds. The van der Waals surface area contributed by atoms with Gasteiger partial charge in [-0.05, 0) is 49.9 Å². The summed E-state index contributed by atoms with van der Waals surface area (Å²) in [5, 5.41) is 0. The third-order valence-electron chi connectivity index (χ3n) is 6.41. The Hall–Kier alpha value is -4.60. The van der Waals surface area contributed by atoms with Crippen LogP contribution in [0.5, 0.6) is 23.0 Å². The number of aromatic nitrogens is 4. The van der Waals surface area contributed by atoms with Gasteiger partial charge in [0.05, 0.1) is 26.4 Å². The molecule has 10 nitrogen and oxygen atoms in total. The monoisotopic (exact) mass is 600 g/mol. The lowest BCUT2D eigenvalue weighted by Crippen LogP contribution is -2.32. The Bertz CT molecular complexity index is 1210. The number of hydrogen-bond donors (Lipinski definition) is 0. The molecule has 4 rings (SSSR count). The van der Waals surface area contributed by atoms with Crippen LogP contribution in [-0.2, 0) is 0 Å². The molecule has 0 aliphatic carbocycles. The molecule has 0 radical (unpaired) electrons. The first-order valence-electron chi connectivity index (χ1n) is 15.6. The fourth-order valence-electron chi connectivity index (χ4n) is 4.32. The number of nitrogens with zero attached hydrogens (tertiary/aromatic N) is 6. The first-order valence-corrected chi connectivity index (χ1v) is 15.6. The summed E-state index contributed by atoms with van der Waals surface area (Å²) in [4.78, 5) is 23.0. The minimum absolute atomic E-state index is 0.498. The van der Waals surface area contributed by atoms with Crippen molar-refractivity contribution in [2.24, 2.45) is 0 Å². The standard InChI is InChI=1S/C34H44N6O4/c1-5-19-41-27-9-13-35-31(23-27)39(32-24-28(10-14-36-32)42-20-6-2)17-18-40(33-25-29(11-15-37-33)43-21-7-3)34-26-30(12-16-38-34)44-22-8-4/h9-16,23-26H,5-8,17-22H2,1-4H3. The zero-order valence-corrected chi connectivity index (χ0v) is 26.3. The van der Waals surface area contributed by atoms with Crippen molar-refractivity contribution in [3.63, 3.8) is 0 Å². The maximum Gasteiger partial charge on any atom is 0.137 e. The number of rotatable bonds is 19. The molecule has 44 heavy (non-hydrogen) atoms. The Morgan fingerprint density at radius 3 is 0.909 bits per heavy atom. The number of anilines is 4. The fraction of sp³-hybridized carbons (Fsp3) is 0.412. The average molecular weight is 601 g/mol. The lowest BCUT2D eigenvalue weighted by molar-refractivity contribution is 0.316. The molecule has 0 aliphatic rings. The molecule has 10 heteroatoms. The summed E-state index contributed by atoms with van der Waals surface area (Å²) in [7, 11) is 0. The summed E-state index contributed by atoms with van der Waals surface area (Å²) in [5.41, 5.74) is 0. The van der Waals surface area contributed by atoms with Gasteiger partial charge >= 0.3 is 0 Å². The summed E-state index contributed by atoms with van der Waals surface area (Å²) < 4.78 is 23.8. The zero-order chi connectivity index (χ0) is 31.0. The van der Waals surface area contributed by atoms with Crippen molar-refractivity contribution in [3.8, 4) is 23.0 Å². The van der Waals surface area contributed by atoms with Gasteiger partial charge < -0.3 is 28.7 Å². The van der Waals surface area contributed by atoms with Gasteiger partial charge in [0, 0.05) is 62.1 Å². The van der Waals surface area contributed by atoms with Crippen LogP contribution in [0, 0.1) is 0 Å². The first kappa shape index (κ1) is 32.3. The lowest BCUT2D eigenvalue weighted by Gasteiger charge is -2.29. The second kappa shape index (κ2) is 17.5. The van der Waals surface area contributed by atoms with Crippen LogP contribution in [-0.4, -0.2) is 59.5 Å². The molecule has 0 aromatic carbocycles. The minimum Gasteiger partial charge on any atom is -0.493 e. The SMILES string of the molecule is CCCOc1ccnc(N(CCN(c2cc(OCCC)ccn2)c2cc(OCCC)ccn2)c2cc(OCCC)ccn2)c1. The summed E-state index contributed by atoms with van der Waals surface area (Å²) in [6.07, 6.45) is 10.7. The third kappa shape index (κ3) is 9.45. The Morgan fingerprint density at radius 1 is 0.432 bits per heavy atom. The molecule has 0 unspecified atom stereocenters. The van der Waals surface area contributed by atoms with Gasteiger partial charge in [-0.3, -0.25) is 0 Å². The van der Waals surface area contributed by atoms with Gasteiger partial charge in [-0.1, -0.05) is 27.7 Å². The molecule has 4 aromatic heterocycles. The van der Waals surface area contributed by atoms with Crippen LogP contribution >= 0.6 is 0 Å². The number of hydrogen-bond acceptors (Lipinski definition) is 10. The minimum atomic E-state index is 0.498. The Kier molecular flexibility index (Phi) is 12.9. The Balaban J connectivity index is 1.71. The highest BCUT2D eigenvalue weighted by atomic mass is 16.5. The van der Waals surface area contributed by atoms with E-state index in [0.29, 0.717) is 62.8 Å². The maximum atomic E-state index is 5.94. The van der Waals surface area contributed by atoms with Crippen molar-refractivity contribution >= 4 is 23.3 Å². The van der Waals surface area contributed by atoms with E-state index in [1.165, 1.54) is 0 Å². The highest BCUT2D eigenvalue weighted by Crippen LogP contribution is 2.31. The van der Waals surface area contributed by atoms with Crippen molar-refractivity contribution in [2.75, 3.05) is 49.3 Å². The van der Waals surface area contributed by atoms with E-state index in [1.54, 1.807) is 24.8 Å². The van der Waals surface area contributed by atoms with Crippen LogP contribution in [0.15, 0.2) is 73.3 Å². The van der Waals surface area contributed by atoms with Crippen LogP contribution in [0.1, 0.15) is 53.4 Å². The number of ether oxygens (including phenoxy) is 4. The van der Waals surface area contributed by atoms with Crippen molar-refractivity contribution in [1.29, 1.82) is 0 Å². The molecular weight excluding hydrogens is 556 g/mol. The van der Waals surface area contributed by atoms with Crippen molar-refractivity contribution < 1.29 is 18.9 Å². The summed E-state index contributed by atoms with van der Waals surface area (Å²) in [5.74, 6) is 5.84. The van der Waals surface area contributed by atoms with E-state index in [4.69, 9.17) is 38.9 Å². The van der Waals surface area contributed by atoms with Crippen LogP contribution in [0.3, 0.4) is 0 Å². The molecule has 0 saturated heterocycles. The van der Waals surface area contributed by atoms with E-state index in [1.807, 2.05) is 48.5 Å². The fourth-order valence-corrected chi connectivity index (χ4v) is 4.32. The second-order valence-electron chi connectivity index (χ2n) is 10.1. The van der Waals surface area contributed by atoms with E-state index in [-0.39, 0.29) is 0 Å². The molecule has 234 valence electrons. The quantitative estimate of drug-likeness (QED) is 0.108. The van der Waals surface area contributed by atoms with Crippen LogP contribution < -0.4 is 28.7 Å². The largest absolute Gasteiger partial charge is 0.493 e. The predicted molar refractivity (Wildman–Crippen MR) is 174 cm³/mol. The summed E-state index contributed by atoms with van der Waals surface area (Å²) >= 11 is 0. The highest BCUT2D eigenvalue weighted by Gasteiger charge is 2.20. The Labute approximate surface area is 261 Å². The van der Waals surface area contributed by atoms with Gasteiger partial charge in [-0.2, -0.15) is 0 Å². The molecule has 0 spiro atoms. The van der Waals surface area contributed by atoms with Crippen LogP contribution in [0.25, 0.3) is 0 Å². The highest BCUT2D eigenvalue weighted by molar-refractivity contribution is 5.62. The molecule has 4 heterocycles. The third-order valence-corrected chi connectivity index (χ3v) is 6.41. The zero-order valence-electron chi connectivity index (χ0n) is 26.3. The molecule has 0 N–H and O–H groups in total. The molecule has 4 aromatic rings. The van der Waals surface area contributed by atoms with Crippen molar-refractivity contribution in [3.05, 3.63) is 73.3 Å². The van der Waals surface area contributed by atoms with E-state index in [2.05, 4.69) is 37.5 Å². The van der Waals surface area contributed by atoms with Gasteiger partial charge in [0.15, 0.2) is 0 Å². The maximum absolute atomic E-state index is 5.94. The van der Waals surface area contributed by atoms with Gasteiger partial charge in [0.25, 0.3) is 0 Å². The van der Waals surface area contributed by atoms with Crippen LogP contribution in [0.2, 0.25) is 0 Å². The second-order valence-corrected chi connectivity index (χ2v) is 10.1. The smallest absolute Gasteiger partial charge is 0.137 e. The molecular formula is C34H44N6O4. The normalized spacial score (nSPS) is 10.7. The van der Waals surface area contributed by atoms with Gasteiger partial charge in [-0.15, -0.1) is 0 Å². The van der Waals surface area contributed by atoms with E-state index >= 15 is 0 Å². The van der Waals surface area contributed by atoms with Crippen molar-refractivity contribution in [2.45, 2.75) is 53.4 Å². The van der Waals surface area contributed by atoms with Crippen LogP contribution in [0.4, 0.5) is 23.3 Å². The van der Waals surface area contributed by atoms with Gasteiger partial charge in [-0.25, -0.2) is 19.9 Å². The molecule has 0 aliphatic heterocycles. The van der Waals surface area contributed by atoms with E-state index in [9.17, 15) is 0 Å². The predicted octanol–water partition coefficient (Wildman–Crippen LogP) is 7.40. The molecule has 0 fully saturated rings. The van der Waals surface area contributed by atoms with Gasteiger partial charge in [0.2, 0.25) is 0 Å². The van der Waals surface area contributed by atoms with E-state index < -0.39 is 0 Å². The molecule has 0 saturated carbocycles. The van der Waals surface area contributed by atoms with E-state index in [0.717, 1.165) is 48.7 Å². The van der Waals surface area contributed by atoms with Gasteiger partial charge in [0.1, 0.15) is 46.3 Å². The summed E-state index contributed by atoms with van der Waals surface area (Å²) in [6, 6.07) is 15.2. The summed E-state index contributed by atoms with van der Waals surface area (Å²) in [6.45, 7) is 11.8. The number of pyridine rings is 4.